The number of hydrogen-bond donors (Lipinski definition) is 2. The average molecular weight is 394 g/mol. The van der Waals surface area contributed by atoms with Crippen molar-refractivity contribution in [3.05, 3.63) is 59.4 Å². The number of hydrogen-bond acceptors (Lipinski definition) is 5. The second-order valence-corrected chi connectivity index (χ2v) is 5.88. The monoisotopic (exact) mass is 393 g/mol. The molecule has 0 fully saturated rings. The lowest BCUT2D eigenvalue weighted by Crippen LogP contribution is -2.41. The second-order valence-electron chi connectivity index (χ2n) is 5.88. The number of halogens is 2. The fourth-order valence-corrected chi connectivity index (χ4v) is 3.00. The zero-order chi connectivity index (χ0) is 16.7. The molecule has 0 saturated carbocycles. The normalized spacial score (nSPS) is 14.0. The number of nitrogens with one attached hydrogen (secondary N) is 1. The van der Waals surface area contributed by atoms with Gasteiger partial charge in [-0.2, -0.15) is 5.10 Å². The summed E-state index contributed by atoms with van der Waals surface area (Å²) in [5.74, 6) is -0.566. The number of nitrogens with two attached hydrogens (primary N) is 1. The molecule has 1 aliphatic rings. The Labute approximate surface area is 161 Å². The molecular weight excluding hydrogens is 377 g/mol. The number of H-pyrrole nitrogens is 1. The van der Waals surface area contributed by atoms with Crippen LogP contribution in [0.1, 0.15) is 26.3 Å². The molecule has 3 heterocycles. The van der Waals surface area contributed by atoms with Crippen molar-refractivity contribution in [2.45, 2.75) is 12.5 Å². The van der Waals surface area contributed by atoms with Gasteiger partial charge in [0.2, 0.25) is 0 Å². The number of carbonyl (C=O) groups is 2. The Morgan fingerprint density at radius 3 is 2.38 bits per heavy atom. The molecule has 0 aliphatic carbocycles. The first-order chi connectivity index (χ1) is 11.6. The van der Waals surface area contributed by atoms with Crippen LogP contribution in [0.15, 0.2) is 42.7 Å². The lowest BCUT2D eigenvalue weighted by atomic mass is 10.1. The summed E-state index contributed by atoms with van der Waals surface area (Å²) in [6.45, 7) is 0.176. The minimum absolute atomic E-state index is 0. The van der Waals surface area contributed by atoms with Gasteiger partial charge in [0, 0.05) is 24.2 Å². The Morgan fingerprint density at radius 2 is 1.73 bits per heavy atom. The van der Waals surface area contributed by atoms with Gasteiger partial charge in [0.15, 0.2) is 5.65 Å². The predicted molar refractivity (Wildman–Crippen MR) is 102 cm³/mol. The van der Waals surface area contributed by atoms with Gasteiger partial charge < -0.3 is 5.73 Å². The summed E-state index contributed by atoms with van der Waals surface area (Å²) < 4.78 is 0. The molecule has 3 aromatic rings. The molecule has 0 bridgehead atoms. The summed E-state index contributed by atoms with van der Waals surface area (Å²) >= 11 is 0. The van der Waals surface area contributed by atoms with E-state index in [4.69, 9.17) is 5.73 Å². The summed E-state index contributed by atoms with van der Waals surface area (Å²) in [5, 5.41) is 7.63. The molecule has 1 unspecified atom stereocenters. The molecule has 26 heavy (non-hydrogen) atoms. The quantitative estimate of drug-likeness (QED) is 0.659. The van der Waals surface area contributed by atoms with Gasteiger partial charge >= 0.3 is 0 Å². The summed E-state index contributed by atoms with van der Waals surface area (Å²) in [6, 6.07) is 8.42. The number of carbonyl (C=O) groups excluding carboxylic acids is 2. The molecule has 1 aliphatic heterocycles. The van der Waals surface area contributed by atoms with E-state index >= 15 is 0 Å². The minimum Gasteiger partial charge on any atom is -0.326 e. The SMILES string of the molecule is Cl.Cl.NC(Cc1cnc2[nH]ncc2c1)CN1C(=O)c2ccccc2C1=O. The molecule has 0 saturated heterocycles. The molecule has 0 spiro atoms. The van der Waals surface area contributed by atoms with Crippen molar-refractivity contribution in [2.75, 3.05) is 6.54 Å². The van der Waals surface area contributed by atoms with Crippen LogP contribution < -0.4 is 5.73 Å². The summed E-state index contributed by atoms with van der Waals surface area (Å²) in [6.07, 6.45) is 3.94. The molecule has 0 radical (unpaired) electrons. The number of aromatic amines is 1. The van der Waals surface area contributed by atoms with Gasteiger partial charge in [-0.05, 0) is 30.2 Å². The van der Waals surface area contributed by atoms with E-state index in [0.29, 0.717) is 23.2 Å². The van der Waals surface area contributed by atoms with Crippen LogP contribution in [0.3, 0.4) is 0 Å². The first kappa shape index (κ1) is 19.8. The first-order valence-electron chi connectivity index (χ1n) is 7.62. The number of benzene rings is 1. The first-order valence-corrected chi connectivity index (χ1v) is 7.62. The standard InChI is InChI=1S/C17H15N5O2.2ClH/c18-12(6-10-5-11-8-20-21-15(11)19-7-10)9-22-16(23)13-3-1-2-4-14(13)17(22)24;;/h1-5,7-8,12H,6,9,18H2,(H,19,20,21);2*1H. The zero-order valence-electron chi connectivity index (χ0n) is 13.6. The molecule has 1 atom stereocenters. The van der Waals surface area contributed by atoms with Gasteiger partial charge in [-0.15, -0.1) is 24.8 Å². The maximum absolute atomic E-state index is 12.4. The van der Waals surface area contributed by atoms with Gasteiger partial charge in [0.25, 0.3) is 11.8 Å². The Balaban J connectivity index is 0.00000121. The number of nitrogens with zero attached hydrogens (tertiary/aromatic N) is 3. The highest BCUT2D eigenvalue weighted by molar-refractivity contribution is 6.21. The lowest BCUT2D eigenvalue weighted by molar-refractivity contribution is 0.0644. The second kappa shape index (κ2) is 7.82. The van der Waals surface area contributed by atoms with Crippen LogP contribution in [-0.4, -0.2) is 44.5 Å². The third-order valence-electron chi connectivity index (χ3n) is 4.14. The van der Waals surface area contributed by atoms with Crippen molar-refractivity contribution in [3.8, 4) is 0 Å². The summed E-state index contributed by atoms with van der Waals surface area (Å²) in [5.41, 5.74) is 8.70. The minimum atomic E-state index is -0.363. The fraction of sp³-hybridized carbons (Fsp3) is 0.176. The van der Waals surface area contributed by atoms with Crippen LogP contribution in [0.2, 0.25) is 0 Å². The highest BCUT2D eigenvalue weighted by Gasteiger charge is 2.35. The van der Waals surface area contributed by atoms with Crippen LogP contribution in [0.4, 0.5) is 0 Å². The van der Waals surface area contributed by atoms with E-state index in [-0.39, 0.29) is 49.2 Å². The Morgan fingerprint density at radius 1 is 1.08 bits per heavy atom. The van der Waals surface area contributed by atoms with E-state index in [2.05, 4.69) is 15.2 Å². The highest BCUT2D eigenvalue weighted by atomic mass is 35.5. The summed E-state index contributed by atoms with van der Waals surface area (Å²) in [7, 11) is 0. The van der Waals surface area contributed by atoms with Crippen LogP contribution in [-0.2, 0) is 6.42 Å². The molecule has 3 N–H and O–H groups in total. The number of fused-ring (bicyclic) bond motifs is 2. The third kappa shape index (κ3) is 3.41. The maximum Gasteiger partial charge on any atom is 0.261 e. The summed E-state index contributed by atoms with van der Waals surface area (Å²) in [4.78, 5) is 30.2. The third-order valence-corrected chi connectivity index (χ3v) is 4.14. The Kier molecular flexibility index (Phi) is 5.97. The number of aromatic nitrogens is 3. The van der Waals surface area contributed by atoms with Crippen LogP contribution in [0.25, 0.3) is 11.0 Å². The van der Waals surface area contributed by atoms with E-state index in [9.17, 15) is 9.59 Å². The number of imide groups is 1. The maximum atomic E-state index is 12.4. The molecule has 9 heteroatoms. The predicted octanol–water partition coefficient (Wildman–Crippen LogP) is 1.97. The lowest BCUT2D eigenvalue weighted by Gasteiger charge is -2.19. The van der Waals surface area contributed by atoms with Crippen molar-refractivity contribution in [2.24, 2.45) is 5.73 Å². The molecule has 7 nitrogen and oxygen atoms in total. The van der Waals surface area contributed by atoms with E-state index in [1.807, 2.05) is 6.07 Å². The van der Waals surface area contributed by atoms with Crippen LogP contribution >= 0.6 is 24.8 Å². The molecule has 1 aromatic carbocycles. The fourth-order valence-electron chi connectivity index (χ4n) is 3.00. The van der Waals surface area contributed by atoms with Crippen molar-refractivity contribution in [1.82, 2.24) is 20.1 Å². The molecule has 4 rings (SSSR count). The average Bonchev–Trinajstić information content (AvgIpc) is 3.14. The van der Waals surface area contributed by atoms with Gasteiger partial charge in [-0.1, -0.05) is 12.1 Å². The van der Waals surface area contributed by atoms with Crippen molar-refractivity contribution < 1.29 is 9.59 Å². The smallest absolute Gasteiger partial charge is 0.261 e. The van der Waals surface area contributed by atoms with E-state index in [1.165, 1.54) is 4.90 Å². The Bertz CT molecular complexity index is 924. The largest absolute Gasteiger partial charge is 0.326 e. The topological polar surface area (TPSA) is 105 Å². The van der Waals surface area contributed by atoms with Crippen molar-refractivity contribution in [3.63, 3.8) is 0 Å². The molecule has 136 valence electrons. The van der Waals surface area contributed by atoms with Crippen molar-refractivity contribution in [1.29, 1.82) is 0 Å². The highest BCUT2D eigenvalue weighted by Crippen LogP contribution is 2.22. The van der Waals surface area contributed by atoms with E-state index in [0.717, 1.165) is 10.9 Å². The zero-order valence-corrected chi connectivity index (χ0v) is 15.2. The van der Waals surface area contributed by atoms with Gasteiger partial charge in [0.1, 0.15) is 0 Å². The van der Waals surface area contributed by atoms with Gasteiger partial charge in [-0.3, -0.25) is 19.6 Å². The van der Waals surface area contributed by atoms with Crippen molar-refractivity contribution >= 4 is 47.7 Å². The number of rotatable bonds is 4. The van der Waals surface area contributed by atoms with E-state index in [1.54, 1.807) is 36.7 Å². The van der Waals surface area contributed by atoms with Crippen LogP contribution in [0, 0.1) is 0 Å². The van der Waals surface area contributed by atoms with E-state index < -0.39 is 0 Å². The van der Waals surface area contributed by atoms with Gasteiger partial charge in [-0.25, -0.2) is 4.98 Å². The number of amides is 2. The van der Waals surface area contributed by atoms with Crippen LogP contribution in [0.5, 0.6) is 0 Å². The molecule has 2 amide bonds. The Hall–Kier alpha value is -2.48. The molecular formula is C17H17Cl2N5O2. The number of pyridine rings is 1. The molecule has 2 aromatic heterocycles. The van der Waals surface area contributed by atoms with Gasteiger partial charge in [0.05, 0.1) is 17.3 Å².